The van der Waals surface area contributed by atoms with Crippen LogP contribution < -0.4 is 5.32 Å². The molecule has 0 spiro atoms. The molecule has 1 atom stereocenters. The molecule has 6 heteroatoms. The van der Waals surface area contributed by atoms with Crippen LogP contribution in [0.2, 0.25) is 0 Å². The molecule has 1 fully saturated rings. The van der Waals surface area contributed by atoms with Gasteiger partial charge in [-0.3, -0.25) is 0 Å². The number of aromatic nitrogens is 1. The van der Waals surface area contributed by atoms with Crippen LogP contribution in [0.4, 0.5) is 0 Å². The molecule has 0 aliphatic carbocycles. The Morgan fingerprint density at radius 2 is 2.29 bits per heavy atom. The van der Waals surface area contributed by atoms with Crippen LogP contribution in [0.5, 0.6) is 0 Å². The molecule has 1 aliphatic heterocycles. The van der Waals surface area contributed by atoms with Crippen LogP contribution in [0.25, 0.3) is 0 Å². The van der Waals surface area contributed by atoms with Gasteiger partial charge in [0, 0.05) is 12.6 Å². The Hall–Kier alpha value is -0.460. The summed E-state index contributed by atoms with van der Waals surface area (Å²) in [6, 6.07) is 5.78. The van der Waals surface area contributed by atoms with E-state index in [0.29, 0.717) is 12.3 Å². The Balaban J connectivity index is 1.90. The summed E-state index contributed by atoms with van der Waals surface area (Å²) in [5, 5.41) is 3.26. The summed E-state index contributed by atoms with van der Waals surface area (Å²) in [6.07, 6.45) is 1.68. The minimum Gasteiger partial charge on any atom is -0.307 e. The first-order valence-corrected chi connectivity index (χ1v) is 8.22. The number of hydrogen-bond acceptors (Lipinski definition) is 4. The van der Waals surface area contributed by atoms with Crippen LogP contribution >= 0.6 is 15.9 Å². The molecule has 1 aromatic rings. The highest BCUT2D eigenvalue weighted by Gasteiger charge is 2.24. The van der Waals surface area contributed by atoms with Gasteiger partial charge in [-0.15, -0.1) is 0 Å². The molecule has 0 amide bonds. The number of nitrogens with zero attached hydrogens (tertiary/aromatic N) is 1. The standard InChI is InChI=1S/C11H15BrN2O2S/c12-11-5-1-3-9(14-11)7-13-10-4-2-6-17(15,16)8-10/h1,3,5,10,13H,2,4,6-8H2. The van der Waals surface area contributed by atoms with Crippen LogP contribution in [0.3, 0.4) is 0 Å². The average Bonchev–Trinajstić information content (AvgIpc) is 2.25. The smallest absolute Gasteiger partial charge is 0.151 e. The number of rotatable bonds is 3. The largest absolute Gasteiger partial charge is 0.307 e. The monoisotopic (exact) mass is 318 g/mol. The molecular formula is C11H15BrN2O2S. The molecule has 1 saturated heterocycles. The normalized spacial score (nSPS) is 23.5. The maximum Gasteiger partial charge on any atom is 0.151 e. The summed E-state index contributed by atoms with van der Waals surface area (Å²) in [7, 11) is -2.84. The van der Waals surface area contributed by atoms with Gasteiger partial charge in [-0.1, -0.05) is 6.07 Å². The molecule has 0 saturated carbocycles. The molecule has 1 aliphatic rings. The van der Waals surface area contributed by atoms with Gasteiger partial charge in [0.05, 0.1) is 17.2 Å². The van der Waals surface area contributed by atoms with Crippen molar-refractivity contribution in [3.63, 3.8) is 0 Å². The third-order valence-corrected chi connectivity index (χ3v) is 5.07. The molecule has 94 valence electrons. The lowest BCUT2D eigenvalue weighted by Crippen LogP contribution is -2.39. The lowest BCUT2D eigenvalue weighted by molar-refractivity contribution is 0.477. The SMILES string of the molecule is O=S1(=O)CCCC(NCc2cccc(Br)n2)C1. The zero-order valence-corrected chi connectivity index (χ0v) is 11.8. The summed E-state index contributed by atoms with van der Waals surface area (Å²) in [4.78, 5) is 4.30. The van der Waals surface area contributed by atoms with Crippen molar-refractivity contribution in [1.82, 2.24) is 10.3 Å². The number of nitrogens with one attached hydrogen (secondary N) is 1. The van der Waals surface area contributed by atoms with Crippen molar-refractivity contribution in [1.29, 1.82) is 0 Å². The Labute approximate surface area is 110 Å². The Kier molecular flexibility index (Phi) is 4.17. The lowest BCUT2D eigenvalue weighted by atomic mass is 10.2. The quantitative estimate of drug-likeness (QED) is 0.858. The first kappa shape index (κ1) is 13.0. The Morgan fingerprint density at radius 1 is 1.47 bits per heavy atom. The summed E-state index contributed by atoms with van der Waals surface area (Å²) in [5.74, 6) is 0.585. The van der Waals surface area contributed by atoms with Crippen molar-refractivity contribution in [2.45, 2.75) is 25.4 Å². The third kappa shape index (κ3) is 4.04. The van der Waals surface area contributed by atoms with Gasteiger partial charge in [-0.2, -0.15) is 0 Å². The fraction of sp³-hybridized carbons (Fsp3) is 0.545. The molecular weight excluding hydrogens is 304 g/mol. The van der Waals surface area contributed by atoms with E-state index < -0.39 is 9.84 Å². The van der Waals surface area contributed by atoms with Crippen molar-refractivity contribution in [3.8, 4) is 0 Å². The highest BCUT2D eigenvalue weighted by atomic mass is 79.9. The molecule has 2 heterocycles. The molecule has 1 aromatic heterocycles. The minimum atomic E-state index is -2.84. The second-order valence-electron chi connectivity index (χ2n) is 4.29. The third-order valence-electron chi connectivity index (χ3n) is 2.81. The predicted octanol–water partition coefficient (Wildman–Crippen LogP) is 1.51. The maximum atomic E-state index is 11.5. The van der Waals surface area contributed by atoms with Gasteiger partial charge < -0.3 is 5.32 Å². The zero-order chi connectivity index (χ0) is 12.3. The van der Waals surface area contributed by atoms with E-state index in [1.165, 1.54) is 0 Å². The molecule has 4 nitrogen and oxygen atoms in total. The number of sulfone groups is 1. The van der Waals surface area contributed by atoms with Gasteiger partial charge in [0.25, 0.3) is 0 Å². The molecule has 1 unspecified atom stereocenters. The van der Waals surface area contributed by atoms with E-state index in [-0.39, 0.29) is 11.8 Å². The number of halogens is 1. The zero-order valence-electron chi connectivity index (χ0n) is 9.39. The summed E-state index contributed by atoms with van der Waals surface area (Å²) in [5.41, 5.74) is 0.919. The molecule has 0 aromatic carbocycles. The average molecular weight is 319 g/mol. The molecule has 0 radical (unpaired) electrons. The highest BCUT2D eigenvalue weighted by molar-refractivity contribution is 9.10. The van der Waals surface area contributed by atoms with Crippen molar-refractivity contribution in [3.05, 3.63) is 28.5 Å². The van der Waals surface area contributed by atoms with Gasteiger partial charge in [0.15, 0.2) is 9.84 Å². The maximum absolute atomic E-state index is 11.5. The van der Waals surface area contributed by atoms with Crippen LogP contribution in [0.15, 0.2) is 22.8 Å². The van der Waals surface area contributed by atoms with Gasteiger partial charge in [0.2, 0.25) is 0 Å². The van der Waals surface area contributed by atoms with E-state index in [9.17, 15) is 8.42 Å². The van der Waals surface area contributed by atoms with Gasteiger partial charge in [-0.25, -0.2) is 13.4 Å². The Morgan fingerprint density at radius 3 is 3.00 bits per heavy atom. The van der Waals surface area contributed by atoms with Crippen LogP contribution in [0.1, 0.15) is 18.5 Å². The second kappa shape index (κ2) is 5.46. The van der Waals surface area contributed by atoms with E-state index in [4.69, 9.17) is 0 Å². The summed E-state index contributed by atoms with van der Waals surface area (Å²) < 4.78 is 23.7. The second-order valence-corrected chi connectivity index (χ2v) is 7.33. The van der Waals surface area contributed by atoms with Gasteiger partial charge >= 0.3 is 0 Å². The molecule has 0 bridgehead atoms. The number of pyridine rings is 1. The van der Waals surface area contributed by atoms with Gasteiger partial charge in [0.1, 0.15) is 4.60 Å². The first-order valence-electron chi connectivity index (χ1n) is 5.60. The lowest BCUT2D eigenvalue weighted by Gasteiger charge is -2.22. The van der Waals surface area contributed by atoms with E-state index in [1.807, 2.05) is 18.2 Å². The van der Waals surface area contributed by atoms with E-state index in [1.54, 1.807) is 0 Å². The van der Waals surface area contributed by atoms with E-state index >= 15 is 0 Å². The van der Waals surface area contributed by atoms with Crippen molar-refractivity contribution < 1.29 is 8.42 Å². The molecule has 2 rings (SSSR count). The summed E-state index contributed by atoms with van der Waals surface area (Å²) >= 11 is 3.31. The fourth-order valence-electron chi connectivity index (χ4n) is 1.98. The van der Waals surface area contributed by atoms with Crippen LogP contribution in [-0.4, -0.2) is 30.9 Å². The number of hydrogen-bond donors (Lipinski definition) is 1. The predicted molar refractivity (Wildman–Crippen MR) is 70.5 cm³/mol. The van der Waals surface area contributed by atoms with Crippen LogP contribution in [0, 0.1) is 0 Å². The highest BCUT2D eigenvalue weighted by Crippen LogP contribution is 2.13. The summed E-state index contributed by atoms with van der Waals surface area (Å²) in [6.45, 7) is 0.611. The van der Waals surface area contributed by atoms with Gasteiger partial charge in [-0.05, 0) is 40.9 Å². The minimum absolute atomic E-state index is 0.0644. The van der Waals surface area contributed by atoms with E-state index in [2.05, 4.69) is 26.2 Å². The van der Waals surface area contributed by atoms with Crippen molar-refractivity contribution in [2.24, 2.45) is 0 Å². The topological polar surface area (TPSA) is 59.1 Å². The van der Waals surface area contributed by atoms with Crippen molar-refractivity contribution in [2.75, 3.05) is 11.5 Å². The first-order chi connectivity index (χ1) is 8.05. The molecule has 17 heavy (non-hydrogen) atoms. The fourth-order valence-corrected chi connectivity index (χ4v) is 4.03. The molecule has 1 N–H and O–H groups in total. The van der Waals surface area contributed by atoms with Crippen LogP contribution in [-0.2, 0) is 16.4 Å². The van der Waals surface area contributed by atoms with Crippen molar-refractivity contribution >= 4 is 25.8 Å². The van der Waals surface area contributed by atoms with E-state index in [0.717, 1.165) is 23.1 Å². The Bertz CT molecular complexity index is 490.